The lowest BCUT2D eigenvalue weighted by atomic mass is 9.75. The van der Waals surface area contributed by atoms with Crippen molar-refractivity contribution in [3.05, 3.63) is 0 Å². The summed E-state index contributed by atoms with van der Waals surface area (Å²) in [6.45, 7) is 9.54. The van der Waals surface area contributed by atoms with Gasteiger partial charge < -0.3 is 10.6 Å². The van der Waals surface area contributed by atoms with Crippen molar-refractivity contribution in [3.63, 3.8) is 0 Å². The molecular formula is C14H28N2. The van der Waals surface area contributed by atoms with Crippen LogP contribution in [-0.4, -0.2) is 30.1 Å². The zero-order valence-electron chi connectivity index (χ0n) is 11.2. The van der Waals surface area contributed by atoms with E-state index >= 15 is 0 Å². The lowest BCUT2D eigenvalue weighted by molar-refractivity contribution is 0.122. The predicted octanol–water partition coefficient (Wildman–Crippen LogP) is 2.62. The SMILES string of the molecule is CC(N)C1CCN(C2CCC(C)(C)CC2)C1. The summed E-state index contributed by atoms with van der Waals surface area (Å²) in [4.78, 5) is 2.71. The van der Waals surface area contributed by atoms with Crippen LogP contribution in [0.25, 0.3) is 0 Å². The van der Waals surface area contributed by atoms with E-state index in [2.05, 4.69) is 25.7 Å². The van der Waals surface area contributed by atoms with Gasteiger partial charge in [-0.15, -0.1) is 0 Å². The van der Waals surface area contributed by atoms with Gasteiger partial charge in [-0.2, -0.15) is 0 Å². The normalized spacial score (nSPS) is 34.1. The van der Waals surface area contributed by atoms with Crippen molar-refractivity contribution >= 4 is 0 Å². The Bertz CT molecular complexity index is 225. The Morgan fingerprint density at radius 2 is 1.81 bits per heavy atom. The van der Waals surface area contributed by atoms with Gasteiger partial charge in [-0.25, -0.2) is 0 Å². The summed E-state index contributed by atoms with van der Waals surface area (Å²) in [5, 5.41) is 0. The van der Waals surface area contributed by atoms with E-state index in [0.29, 0.717) is 11.5 Å². The summed E-state index contributed by atoms with van der Waals surface area (Å²) in [6.07, 6.45) is 6.92. The number of hydrogen-bond acceptors (Lipinski definition) is 2. The maximum absolute atomic E-state index is 6.01. The Hall–Kier alpha value is -0.0800. The number of likely N-dealkylation sites (tertiary alicyclic amines) is 1. The monoisotopic (exact) mass is 224 g/mol. The second-order valence-corrected chi connectivity index (χ2v) is 6.80. The van der Waals surface area contributed by atoms with Crippen LogP contribution in [0.2, 0.25) is 0 Å². The van der Waals surface area contributed by atoms with Crippen LogP contribution in [0.3, 0.4) is 0 Å². The second-order valence-electron chi connectivity index (χ2n) is 6.80. The van der Waals surface area contributed by atoms with Gasteiger partial charge in [-0.1, -0.05) is 13.8 Å². The van der Waals surface area contributed by atoms with Crippen molar-refractivity contribution in [1.82, 2.24) is 4.90 Å². The molecule has 2 rings (SSSR count). The first-order valence-corrected chi connectivity index (χ1v) is 6.97. The minimum absolute atomic E-state index is 0.380. The lowest BCUT2D eigenvalue weighted by Gasteiger charge is -2.38. The molecule has 2 atom stereocenters. The summed E-state index contributed by atoms with van der Waals surface area (Å²) >= 11 is 0. The van der Waals surface area contributed by atoms with Crippen molar-refractivity contribution in [1.29, 1.82) is 0 Å². The summed E-state index contributed by atoms with van der Waals surface area (Å²) in [5.41, 5.74) is 6.60. The average Bonchev–Trinajstić information content (AvgIpc) is 2.66. The fourth-order valence-corrected chi connectivity index (χ4v) is 3.33. The van der Waals surface area contributed by atoms with E-state index in [9.17, 15) is 0 Å². The highest BCUT2D eigenvalue weighted by atomic mass is 15.2. The molecule has 2 aliphatic rings. The molecule has 0 aromatic rings. The van der Waals surface area contributed by atoms with Crippen molar-refractivity contribution in [2.75, 3.05) is 13.1 Å². The van der Waals surface area contributed by atoms with Crippen LogP contribution >= 0.6 is 0 Å². The Kier molecular flexibility index (Phi) is 3.60. The standard InChI is InChI=1S/C14H28N2/c1-11(15)12-6-9-16(10-12)13-4-7-14(2,3)8-5-13/h11-13H,4-10,15H2,1-3H3. The number of nitrogens with two attached hydrogens (primary N) is 1. The third kappa shape index (κ3) is 2.78. The number of nitrogens with zero attached hydrogens (tertiary/aromatic N) is 1. The molecule has 1 saturated carbocycles. The Labute approximate surface area is 101 Å². The maximum Gasteiger partial charge on any atom is 0.00957 e. The van der Waals surface area contributed by atoms with E-state index in [1.54, 1.807) is 0 Å². The molecule has 2 nitrogen and oxygen atoms in total. The van der Waals surface area contributed by atoms with E-state index in [4.69, 9.17) is 5.73 Å². The molecule has 0 spiro atoms. The third-order valence-corrected chi connectivity index (χ3v) is 4.82. The van der Waals surface area contributed by atoms with Crippen LogP contribution in [0.15, 0.2) is 0 Å². The van der Waals surface area contributed by atoms with Crippen LogP contribution in [0.4, 0.5) is 0 Å². The molecular weight excluding hydrogens is 196 g/mol. The molecule has 2 N–H and O–H groups in total. The van der Waals surface area contributed by atoms with Gasteiger partial charge in [0.2, 0.25) is 0 Å². The van der Waals surface area contributed by atoms with Gasteiger partial charge in [0.05, 0.1) is 0 Å². The van der Waals surface area contributed by atoms with Gasteiger partial charge in [0.1, 0.15) is 0 Å². The first-order valence-electron chi connectivity index (χ1n) is 6.97. The van der Waals surface area contributed by atoms with Crippen LogP contribution < -0.4 is 5.73 Å². The summed E-state index contributed by atoms with van der Waals surface area (Å²) in [5.74, 6) is 0.745. The van der Waals surface area contributed by atoms with Crippen LogP contribution in [-0.2, 0) is 0 Å². The van der Waals surface area contributed by atoms with Gasteiger partial charge in [-0.05, 0) is 56.9 Å². The summed E-state index contributed by atoms with van der Waals surface area (Å²) in [6, 6.07) is 1.24. The zero-order chi connectivity index (χ0) is 11.8. The molecule has 0 amide bonds. The molecule has 0 bridgehead atoms. The minimum Gasteiger partial charge on any atom is -0.328 e. The van der Waals surface area contributed by atoms with E-state index in [-0.39, 0.29) is 0 Å². The highest BCUT2D eigenvalue weighted by molar-refractivity contribution is 4.89. The quantitative estimate of drug-likeness (QED) is 0.781. The van der Waals surface area contributed by atoms with E-state index in [1.165, 1.54) is 45.2 Å². The molecule has 2 fully saturated rings. The Morgan fingerprint density at radius 1 is 1.19 bits per heavy atom. The largest absolute Gasteiger partial charge is 0.328 e. The highest BCUT2D eigenvalue weighted by Crippen LogP contribution is 2.38. The molecule has 0 aromatic carbocycles. The molecule has 1 saturated heterocycles. The minimum atomic E-state index is 0.380. The van der Waals surface area contributed by atoms with Crippen LogP contribution in [0.1, 0.15) is 52.9 Å². The fraction of sp³-hybridized carbons (Fsp3) is 1.00. The van der Waals surface area contributed by atoms with Gasteiger partial charge in [0.25, 0.3) is 0 Å². The van der Waals surface area contributed by atoms with Crippen molar-refractivity contribution < 1.29 is 0 Å². The van der Waals surface area contributed by atoms with Crippen LogP contribution in [0.5, 0.6) is 0 Å². The van der Waals surface area contributed by atoms with Gasteiger partial charge in [-0.3, -0.25) is 0 Å². The van der Waals surface area contributed by atoms with Crippen molar-refractivity contribution in [2.45, 2.75) is 65.0 Å². The van der Waals surface area contributed by atoms with Crippen LogP contribution in [0, 0.1) is 11.3 Å². The number of hydrogen-bond donors (Lipinski definition) is 1. The molecule has 1 heterocycles. The van der Waals surface area contributed by atoms with E-state index in [1.807, 2.05) is 0 Å². The molecule has 2 unspecified atom stereocenters. The predicted molar refractivity (Wildman–Crippen MR) is 69.4 cm³/mol. The summed E-state index contributed by atoms with van der Waals surface area (Å²) < 4.78 is 0. The fourth-order valence-electron chi connectivity index (χ4n) is 3.33. The molecule has 2 heteroatoms. The van der Waals surface area contributed by atoms with Gasteiger partial charge in [0, 0.05) is 18.6 Å². The zero-order valence-corrected chi connectivity index (χ0v) is 11.2. The maximum atomic E-state index is 6.01. The van der Waals surface area contributed by atoms with Gasteiger partial charge >= 0.3 is 0 Å². The lowest BCUT2D eigenvalue weighted by Crippen LogP contribution is -2.39. The summed E-state index contributed by atoms with van der Waals surface area (Å²) in [7, 11) is 0. The molecule has 1 aliphatic carbocycles. The second kappa shape index (κ2) is 4.66. The molecule has 0 radical (unpaired) electrons. The van der Waals surface area contributed by atoms with Gasteiger partial charge in [0.15, 0.2) is 0 Å². The topological polar surface area (TPSA) is 29.3 Å². The molecule has 1 aliphatic heterocycles. The smallest absolute Gasteiger partial charge is 0.00957 e. The molecule has 0 aromatic heterocycles. The Morgan fingerprint density at radius 3 is 2.31 bits per heavy atom. The first kappa shape index (κ1) is 12.4. The number of rotatable bonds is 2. The molecule has 94 valence electrons. The highest BCUT2D eigenvalue weighted by Gasteiger charge is 2.34. The average molecular weight is 224 g/mol. The Balaban J connectivity index is 1.82. The van der Waals surface area contributed by atoms with Crippen molar-refractivity contribution in [3.8, 4) is 0 Å². The third-order valence-electron chi connectivity index (χ3n) is 4.82. The van der Waals surface area contributed by atoms with Crippen molar-refractivity contribution in [2.24, 2.45) is 17.1 Å². The molecule has 16 heavy (non-hydrogen) atoms. The van der Waals surface area contributed by atoms with E-state index in [0.717, 1.165) is 12.0 Å². The first-order chi connectivity index (χ1) is 7.48. The van der Waals surface area contributed by atoms with E-state index < -0.39 is 0 Å².